The Bertz CT molecular complexity index is 550. The van der Waals surface area contributed by atoms with Crippen LogP contribution in [0.2, 0.25) is 0 Å². The van der Waals surface area contributed by atoms with E-state index in [-0.39, 0.29) is 11.9 Å². The molecule has 20 heavy (non-hydrogen) atoms. The molecule has 0 saturated carbocycles. The quantitative estimate of drug-likeness (QED) is 0.889. The van der Waals surface area contributed by atoms with Crippen molar-refractivity contribution in [3.05, 3.63) is 52.0 Å². The average molecular weight is 292 g/mol. The summed E-state index contributed by atoms with van der Waals surface area (Å²) in [5, 5.41) is 2.07. The second kappa shape index (κ2) is 6.37. The molecule has 0 spiro atoms. The topological polar surface area (TPSA) is 29.3 Å². The molecule has 1 aromatic carbocycles. The minimum Gasteiger partial charge on any atom is -0.364 e. The van der Waals surface area contributed by atoms with Crippen molar-refractivity contribution in [3.63, 3.8) is 0 Å². The van der Waals surface area contributed by atoms with Crippen LogP contribution in [0.1, 0.15) is 37.3 Å². The third kappa shape index (κ3) is 3.38. The minimum absolute atomic E-state index is 0.190. The van der Waals surface area contributed by atoms with Crippen LogP contribution < -0.4 is 10.6 Å². The first-order valence-corrected chi connectivity index (χ1v) is 7.71. The molecule has 0 bridgehead atoms. The number of hydrogen-bond acceptors (Lipinski definition) is 3. The van der Waals surface area contributed by atoms with E-state index >= 15 is 0 Å². The highest BCUT2D eigenvalue weighted by atomic mass is 32.1. The molecule has 2 N–H and O–H groups in total. The van der Waals surface area contributed by atoms with Gasteiger partial charge in [-0.15, -0.1) is 11.3 Å². The van der Waals surface area contributed by atoms with Crippen molar-refractivity contribution in [2.45, 2.75) is 39.4 Å². The van der Waals surface area contributed by atoms with Crippen LogP contribution in [0, 0.1) is 5.82 Å². The largest absolute Gasteiger partial charge is 0.364 e. The number of thiophene rings is 1. The molecule has 1 aromatic heterocycles. The van der Waals surface area contributed by atoms with Crippen LogP contribution >= 0.6 is 11.3 Å². The number of benzene rings is 1. The van der Waals surface area contributed by atoms with E-state index in [0.29, 0.717) is 6.04 Å². The fourth-order valence-electron chi connectivity index (χ4n) is 2.27. The summed E-state index contributed by atoms with van der Waals surface area (Å²) in [6.07, 6.45) is 0. The summed E-state index contributed by atoms with van der Waals surface area (Å²) in [7, 11) is 0. The van der Waals surface area contributed by atoms with Crippen molar-refractivity contribution in [3.8, 4) is 0 Å². The van der Waals surface area contributed by atoms with Gasteiger partial charge < -0.3 is 10.6 Å². The molecular formula is C16H21FN2S. The van der Waals surface area contributed by atoms with Gasteiger partial charge in [0.1, 0.15) is 5.82 Å². The molecule has 0 aliphatic rings. The zero-order valence-corrected chi connectivity index (χ0v) is 13.0. The van der Waals surface area contributed by atoms with Crippen molar-refractivity contribution in [2.75, 3.05) is 4.90 Å². The van der Waals surface area contributed by atoms with E-state index in [9.17, 15) is 4.39 Å². The molecule has 2 nitrogen and oxygen atoms in total. The lowest BCUT2D eigenvalue weighted by atomic mass is 10.0. The molecule has 0 saturated heterocycles. The third-order valence-corrected chi connectivity index (χ3v) is 4.18. The van der Waals surface area contributed by atoms with E-state index in [2.05, 4.69) is 36.3 Å². The Labute approximate surface area is 124 Å². The molecule has 0 aliphatic carbocycles. The lowest BCUT2D eigenvalue weighted by Crippen LogP contribution is -2.31. The summed E-state index contributed by atoms with van der Waals surface area (Å²) in [4.78, 5) is 3.56. The maximum absolute atomic E-state index is 13.5. The van der Waals surface area contributed by atoms with E-state index < -0.39 is 0 Å². The molecule has 2 rings (SSSR count). The molecule has 1 heterocycles. The molecule has 108 valence electrons. The van der Waals surface area contributed by atoms with Crippen molar-refractivity contribution in [1.29, 1.82) is 0 Å². The van der Waals surface area contributed by atoms with Crippen LogP contribution in [-0.2, 0) is 6.54 Å². The fraction of sp³-hybridized carbons (Fsp3) is 0.375. The molecular weight excluding hydrogens is 271 g/mol. The number of halogens is 1. The maximum atomic E-state index is 13.5. The van der Waals surface area contributed by atoms with Gasteiger partial charge in [-0.25, -0.2) is 4.39 Å². The zero-order valence-electron chi connectivity index (χ0n) is 12.1. The first kappa shape index (κ1) is 15.0. The smallest absolute Gasteiger partial charge is 0.123 e. The van der Waals surface area contributed by atoms with Crippen molar-refractivity contribution >= 4 is 17.0 Å². The van der Waals surface area contributed by atoms with Gasteiger partial charge in [0, 0.05) is 22.6 Å². The first-order valence-electron chi connectivity index (χ1n) is 6.83. The highest BCUT2D eigenvalue weighted by Crippen LogP contribution is 2.29. The molecule has 0 fully saturated rings. The van der Waals surface area contributed by atoms with E-state index in [1.54, 1.807) is 17.4 Å². The maximum Gasteiger partial charge on any atom is 0.123 e. The highest BCUT2D eigenvalue weighted by molar-refractivity contribution is 7.09. The minimum atomic E-state index is -0.235. The Balaban J connectivity index is 2.38. The van der Waals surface area contributed by atoms with Crippen LogP contribution in [0.5, 0.6) is 0 Å². The van der Waals surface area contributed by atoms with Gasteiger partial charge >= 0.3 is 0 Å². The number of hydrogen-bond donors (Lipinski definition) is 1. The second-order valence-corrected chi connectivity index (χ2v) is 6.33. The molecule has 1 atom stereocenters. The van der Waals surface area contributed by atoms with Crippen molar-refractivity contribution in [2.24, 2.45) is 5.73 Å². The lowest BCUT2D eigenvalue weighted by molar-refractivity contribution is 0.618. The molecule has 4 heteroatoms. The van der Waals surface area contributed by atoms with E-state index in [1.165, 1.54) is 10.9 Å². The summed E-state index contributed by atoms with van der Waals surface area (Å²) in [5.74, 6) is -0.235. The second-order valence-electron chi connectivity index (χ2n) is 5.29. The van der Waals surface area contributed by atoms with Crippen molar-refractivity contribution in [1.82, 2.24) is 0 Å². The Hall–Kier alpha value is -1.39. The Kier molecular flexibility index (Phi) is 4.78. The van der Waals surface area contributed by atoms with Crippen LogP contribution in [0.3, 0.4) is 0 Å². The predicted octanol–water partition coefficient (Wildman–Crippen LogP) is 4.32. The molecule has 2 aromatic rings. The Morgan fingerprint density at radius 3 is 2.55 bits per heavy atom. The highest BCUT2D eigenvalue weighted by Gasteiger charge is 2.18. The molecule has 0 amide bonds. The van der Waals surface area contributed by atoms with Gasteiger partial charge in [-0.1, -0.05) is 6.07 Å². The first-order chi connectivity index (χ1) is 9.49. The SMILES string of the molecule is CC(N)c1cc(F)ccc1N(Cc1cccs1)C(C)C. The molecule has 0 aliphatic heterocycles. The summed E-state index contributed by atoms with van der Waals surface area (Å²) in [6, 6.07) is 9.19. The number of nitrogens with two attached hydrogens (primary N) is 1. The molecule has 1 unspecified atom stereocenters. The van der Waals surface area contributed by atoms with Crippen molar-refractivity contribution < 1.29 is 4.39 Å². The van der Waals surface area contributed by atoms with E-state index in [1.807, 2.05) is 13.0 Å². The third-order valence-electron chi connectivity index (χ3n) is 3.32. The van der Waals surface area contributed by atoms with Gasteiger partial charge in [0.05, 0.1) is 6.54 Å². The Morgan fingerprint density at radius 2 is 2.00 bits per heavy atom. The zero-order chi connectivity index (χ0) is 14.7. The summed E-state index contributed by atoms with van der Waals surface area (Å²) in [5.41, 5.74) is 7.88. The van der Waals surface area contributed by atoms with E-state index in [4.69, 9.17) is 5.73 Å². The Morgan fingerprint density at radius 1 is 1.25 bits per heavy atom. The van der Waals surface area contributed by atoms with Gasteiger partial charge in [-0.2, -0.15) is 0 Å². The predicted molar refractivity (Wildman–Crippen MR) is 84.6 cm³/mol. The normalized spacial score (nSPS) is 12.7. The van der Waals surface area contributed by atoms with Crippen LogP contribution in [-0.4, -0.2) is 6.04 Å². The summed E-state index contributed by atoms with van der Waals surface area (Å²) in [6.45, 7) is 6.99. The van der Waals surface area contributed by atoms with Crippen LogP contribution in [0.15, 0.2) is 35.7 Å². The monoisotopic (exact) mass is 292 g/mol. The van der Waals surface area contributed by atoms with Gasteiger partial charge in [0.25, 0.3) is 0 Å². The van der Waals surface area contributed by atoms with Gasteiger partial charge in [0.2, 0.25) is 0 Å². The van der Waals surface area contributed by atoms with Crippen LogP contribution in [0.4, 0.5) is 10.1 Å². The average Bonchev–Trinajstić information content (AvgIpc) is 2.89. The van der Waals surface area contributed by atoms with E-state index in [0.717, 1.165) is 17.8 Å². The van der Waals surface area contributed by atoms with Gasteiger partial charge in [-0.3, -0.25) is 0 Å². The number of nitrogens with zero attached hydrogens (tertiary/aromatic N) is 1. The van der Waals surface area contributed by atoms with Gasteiger partial charge in [-0.05, 0) is 56.0 Å². The fourth-order valence-corrected chi connectivity index (χ4v) is 2.97. The standard InChI is InChI=1S/C16H21FN2S/c1-11(2)19(10-14-5-4-8-20-14)16-7-6-13(17)9-15(16)12(3)18/h4-9,11-12H,10,18H2,1-3H3. The lowest BCUT2D eigenvalue weighted by Gasteiger charge is -2.31. The number of anilines is 1. The van der Waals surface area contributed by atoms with Gasteiger partial charge in [0.15, 0.2) is 0 Å². The molecule has 0 radical (unpaired) electrons. The number of rotatable bonds is 5. The van der Waals surface area contributed by atoms with Crippen LogP contribution in [0.25, 0.3) is 0 Å². The summed E-state index contributed by atoms with van der Waals surface area (Å²) >= 11 is 1.73. The summed E-state index contributed by atoms with van der Waals surface area (Å²) < 4.78 is 13.5.